The Morgan fingerprint density at radius 3 is 3.00 bits per heavy atom. The Balaban J connectivity index is 2.54. The molecule has 1 amide bonds. The van der Waals surface area contributed by atoms with Crippen LogP contribution in [-0.2, 0) is 9.63 Å². The van der Waals surface area contributed by atoms with E-state index in [9.17, 15) is 4.79 Å². The van der Waals surface area contributed by atoms with E-state index in [1.165, 1.54) is 20.2 Å². The van der Waals surface area contributed by atoms with E-state index in [1.54, 1.807) is 24.5 Å². The fourth-order valence-electron chi connectivity index (χ4n) is 0.734. The Kier molecular flexibility index (Phi) is 3.28. The molecule has 0 saturated heterocycles. The summed E-state index contributed by atoms with van der Waals surface area (Å²) >= 11 is 0. The molecule has 1 heterocycles. The number of amides is 1. The molecule has 1 aromatic rings. The molecule has 0 atom stereocenters. The van der Waals surface area contributed by atoms with Crippen LogP contribution >= 0.6 is 0 Å². The van der Waals surface area contributed by atoms with Crippen LogP contribution in [0.4, 0.5) is 0 Å². The third kappa shape index (κ3) is 2.76. The number of hydrogen-bond acceptors (Lipinski definition) is 3. The van der Waals surface area contributed by atoms with Gasteiger partial charge in [-0.3, -0.25) is 9.63 Å². The number of likely N-dealkylation sites (N-methyl/N-ethyl adjacent to an activating group) is 1. The molecule has 0 aliphatic carbocycles. The van der Waals surface area contributed by atoms with Gasteiger partial charge in [0.1, 0.15) is 5.76 Å². The molecule has 0 bridgehead atoms. The fraction of sp³-hybridized carbons (Fsp3) is 0.222. The number of hydroxylamine groups is 2. The molecule has 1 rings (SSSR count). The van der Waals surface area contributed by atoms with Gasteiger partial charge in [0.25, 0.3) is 5.91 Å². The molecule has 0 aliphatic rings. The van der Waals surface area contributed by atoms with Crippen LogP contribution in [0.2, 0.25) is 0 Å². The first-order chi connectivity index (χ1) is 6.24. The van der Waals surface area contributed by atoms with Crippen molar-refractivity contribution in [2.45, 2.75) is 0 Å². The number of furan rings is 1. The summed E-state index contributed by atoms with van der Waals surface area (Å²) in [6.45, 7) is 0. The lowest BCUT2D eigenvalue weighted by Gasteiger charge is -2.09. The Hall–Kier alpha value is -1.55. The second kappa shape index (κ2) is 4.47. The minimum atomic E-state index is -0.237. The molecule has 0 fully saturated rings. The molecule has 70 valence electrons. The van der Waals surface area contributed by atoms with Crippen LogP contribution in [0.15, 0.2) is 28.9 Å². The van der Waals surface area contributed by atoms with Crippen molar-refractivity contribution in [2.75, 3.05) is 14.2 Å². The van der Waals surface area contributed by atoms with E-state index in [4.69, 9.17) is 4.42 Å². The lowest BCUT2D eigenvalue weighted by atomic mass is 10.4. The molecule has 0 unspecified atom stereocenters. The van der Waals surface area contributed by atoms with E-state index in [2.05, 4.69) is 4.84 Å². The van der Waals surface area contributed by atoms with Crippen LogP contribution in [-0.4, -0.2) is 25.1 Å². The van der Waals surface area contributed by atoms with Crippen molar-refractivity contribution in [1.82, 2.24) is 5.06 Å². The van der Waals surface area contributed by atoms with Crippen molar-refractivity contribution in [1.29, 1.82) is 0 Å². The summed E-state index contributed by atoms with van der Waals surface area (Å²) < 4.78 is 5.00. The molecule has 13 heavy (non-hydrogen) atoms. The molecule has 0 aromatic carbocycles. The monoisotopic (exact) mass is 181 g/mol. The van der Waals surface area contributed by atoms with Crippen molar-refractivity contribution < 1.29 is 14.0 Å². The zero-order chi connectivity index (χ0) is 9.68. The zero-order valence-corrected chi connectivity index (χ0v) is 7.56. The lowest BCUT2D eigenvalue weighted by Crippen LogP contribution is -2.22. The topological polar surface area (TPSA) is 42.7 Å². The highest BCUT2D eigenvalue weighted by Crippen LogP contribution is 2.02. The van der Waals surface area contributed by atoms with Crippen molar-refractivity contribution in [3.05, 3.63) is 30.2 Å². The second-order valence-corrected chi connectivity index (χ2v) is 2.37. The van der Waals surface area contributed by atoms with Gasteiger partial charge in [-0.2, -0.15) is 0 Å². The Bertz CT molecular complexity index is 290. The van der Waals surface area contributed by atoms with Gasteiger partial charge < -0.3 is 4.42 Å². The van der Waals surface area contributed by atoms with Crippen LogP contribution in [0.25, 0.3) is 6.08 Å². The summed E-state index contributed by atoms with van der Waals surface area (Å²) in [4.78, 5) is 15.8. The normalized spacial score (nSPS) is 10.6. The van der Waals surface area contributed by atoms with E-state index in [0.29, 0.717) is 5.76 Å². The minimum Gasteiger partial charge on any atom is -0.465 e. The van der Waals surface area contributed by atoms with E-state index in [-0.39, 0.29) is 5.91 Å². The third-order valence-corrected chi connectivity index (χ3v) is 1.52. The summed E-state index contributed by atoms with van der Waals surface area (Å²) in [5, 5.41) is 1.12. The van der Waals surface area contributed by atoms with E-state index in [0.717, 1.165) is 5.06 Å². The standard InChI is InChI=1S/C9H11NO3/c1-10(12-2)9(11)6-5-8-4-3-7-13-8/h3-7H,1-2H3. The largest absolute Gasteiger partial charge is 0.465 e. The van der Waals surface area contributed by atoms with Gasteiger partial charge in [0.05, 0.1) is 13.4 Å². The summed E-state index contributed by atoms with van der Waals surface area (Å²) in [6.07, 6.45) is 4.50. The fourth-order valence-corrected chi connectivity index (χ4v) is 0.734. The Morgan fingerprint density at radius 2 is 2.46 bits per heavy atom. The second-order valence-electron chi connectivity index (χ2n) is 2.37. The van der Waals surface area contributed by atoms with Gasteiger partial charge in [0.15, 0.2) is 0 Å². The number of rotatable bonds is 3. The first-order valence-electron chi connectivity index (χ1n) is 3.77. The van der Waals surface area contributed by atoms with E-state index >= 15 is 0 Å². The average molecular weight is 181 g/mol. The zero-order valence-electron chi connectivity index (χ0n) is 7.56. The summed E-state index contributed by atoms with van der Waals surface area (Å²) in [7, 11) is 2.97. The molecular weight excluding hydrogens is 170 g/mol. The lowest BCUT2D eigenvalue weighted by molar-refractivity contribution is -0.162. The van der Waals surface area contributed by atoms with Gasteiger partial charge in [0, 0.05) is 13.1 Å². The maximum absolute atomic E-state index is 11.1. The van der Waals surface area contributed by atoms with Gasteiger partial charge in [-0.25, -0.2) is 5.06 Å². The number of hydrogen-bond donors (Lipinski definition) is 0. The number of carbonyl (C=O) groups excluding carboxylic acids is 1. The predicted octanol–water partition coefficient (Wildman–Crippen LogP) is 1.31. The van der Waals surface area contributed by atoms with Crippen molar-refractivity contribution >= 4 is 12.0 Å². The SMILES string of the molecule is CON(C)C(=O)C=Cc1ccco1. The molecule has 4 heteroatoms. The maximum Gasteiger partial charge on any atom is 0.269 e. The van der Waals surface area contributed by atoms with Crippen LogP contribution in [0.5, 0.6) is 0 Å². The van der Waals surface area contributed by atoms with E-state index < -0.39 is 0 Å². The van der Waals surface area contributed by atoms with E-state index in [1.807, 2.05) is 0 Å². The average Bonchev–Trinajstić information content (AvgIpc) is 2.65. The highest BCUT2D eigenvalue weighted by molar-refractivity contribution is 5.90. The first-order valence-corrected chi connectivity index (χ1v) is 3.77. The minimum absolute atomic E-state index is 0.237. The maximum atomic E-state index is 11.1. The highest BCUT2D eigenvalue weighted by Gasteiger charge is 2.01. The molecule has 0 aliphatic heterocycles. The van der Waals surface area contributed by atoms with Crippen molar-refractivity contribution in [3.8, 4) is 0 Å². The van der Waals surface area contributed by atoms with Crippen LogP contribution in [0.3, 0.4) is 0 Å². The molecular formula is C9H11NO3. The molecule has 4 nitrogen and oxygen atoms in total. The highest BCUT2D eigenvalue weighted by atomic mass is 16.7. The number of nitrogens with zero attached hydrogens (tertiary/aromatic N) is 1. The van der Waals surface area contributed by atoms with Crippen molar-refractivity contribution in [3.63, 3.8) is 0 Å². The summed E-state index contributed by atoms with van der Waals surface area (Å²) in [5.41, 5.74) is 0. The van der Waals surface area contributed by atoms with Crippen LogP contribution in [0.1, 0.15) is 5.76 Å². The van der Waals surface area contributed by atoms with Gasteiger partial charge in [-0.1, -0.05) is 0 Å². The van der Waals surface area contributed by atoms with Gasteiger partial charge in [-0.05, 0) is 18.2 Å². The van der Waals surface area contributed by atoms with Gasteiger partial charge >= 0.3 is 0 Å². The Morgan fingerprint density at radius 1 is 1.69 bits per heavy atom. The molecule has 0 saturated carbocycles. The third-order valence-electron chi connectivity index (χ3n) is 1.52. The molecule has 0 radical (unpaired) electrons. The van der Waals surface area contributed by atoms with Crippen LogP contribution < -0.4 is 0 Å². The first kappa shape index (κ1) is 9.54. The molecule has 0 spiro atoms. The summed E-state index contributed by atoms with van der Waals surface area (Å²) in [5.74, 6) is 0.400. The van der Waals surface area contributed by atoms with Gasteiger partial charge in [0.2, 0.25) is 0 Å². The Labute approximate surface area is 76.3 Å². The van der Waals surface area contributed by atoms with Crippen LogP contribution in [0, 0.1) is 0 Å². The quantitative estimate of drug-likeness (QED) is 0.521. The predicted molar refractivity (Wildman–Crippen MR) is 47.5 cm³/mol. The molecule has 1 aromatic heterocycles. The smallest absolute Gasteiger partial charge is 0.269 e. The van der Waals surface area contributed by atoms with Gasteiger partial charge in [-0.15, -0.1) is 0 Å². The number of carbonyl (C=O) groups is 1. The molecule has 0 N–H and O–H groups in total. The van der Waals surface area contributed by atoms with Crippen molar-refractivity contribution in [2.24, 2.45) is 0 Å². The summed E-state index contributed by atoms with van der Waals surface area (Å²) in [6, 6.07) is 3.51.